The molecule has 1 aromatic rings. The Kier molecular flexibility index (Phi) is 3.48. The highest BCUT2D eigenvalue weighted by molar-refractivity contribution is 9.10. The van der Waals surface area contributed by atoms with Gasteiger partial charge in [-0.15, -0.1) is 0 Å². The Morgan fingerprint density at radius 2 is 2.38 bits per heavy atom. The summed E-state index contributed by atoms with van der Waals surface area (Å²) >= 11 is 3.45. The molecule has 70 valence electrons. The zero-order valence-electron chi connectivity index (χ0n) is 7.92. The predicted molar refractivity (Wildman–Crippen MR) is 60.0 cm³/mol. The van der Waals surface area contributed by atoms with E-state index in [0.717, 1.165) is 22.3 Å². The number of pyridine rings is 1. The molecule has 0 atom stereocenters. The minimum Gasteiger partial charge on any atom is -0.370 e. The summed E-state index contributed by atoms with van der Waals surface area (Å²) in [4.78, 5) is 6.14. The molecule has 0 amide bonds. The SMILES string of the molecule is C=C(C)CN(C)c1ccncc1Br. The highest BCUT2D eigenvalue weighted by atomic mass is 79.9. The molecule has 1 rings (SSSR count). The first-order chi connectivity index (χ1) is 6.11. The number of hydrogen-bond acceptors (Lipinski definition) is 2. The van der Waals surface area contributed by atoms with Gasteiger partial charge in [0.05, 0.1) is 10.2 Å². The lowest BCUT2D eigenvalue weighted by molar-refractivity contribution is 0.978. The number of anilines is 1. The van der Waals surface area contributed by atoms with Crippen molar-refractivity contribution in [1.29, 1.82) is 0 Å². The molecular formula is C10H13BrN2. The van der Waals surface area contributed by atoms with Gasteiger partial charge in [0.15, 0.2) is 0 Å². The van der Waals surface area contributed by atoms with Gasteiger partial charge in [-0.25, -0.2) is 0 Å². The molecule has 1 heterocycles. The van der Waals surface area contributed by atoms with Gasteiger partial charge in [0.1, 0.15) is 0 Å². The van der Waals surface area contributed by atoms with Gasteiger partial charge < -0.3 is 4.90 Å². The third-order valence-electron chi connectivity index (χ3n) is 1.67. The van der Waals surface area contributed by atoms with Crippen LogP contribution in [0.1, 0.15) is 6.92 Å². The van der Waals surface area contributed by atoms with Gasteiger partial charge in [0.2, 0.25) is 0 Å². The van der Waals surface area contributed by atoms with Crippen molar-refractivity contribution >= 4 is 21.6 Å². The standard InChI is InChI=1S/C10H13BrN2/c1-8(2)7-13(3)10-4-5-12-6-9(10)11/h4-6H,1,7H2,2-3H3. The van der Waals surface area contributed by atoms with Gasteiger partial charge in [-0.05, 0) is 28.9 Å². The van der Waals surface area contributed by atoms with Crippen LogP contribution >= 0.6 is 15.9 Å². The highest BCUT2D eigenvalue weighted by Gasteiger charge is 2.04. The second-order valence-corrected chi connectivity index (χ2v) is 3.99. The summed E-state index contributed by atoms with van der Waals surface area (Å²) in [5, 5.41) is 0. The second-order valence-electron chi connectivity index (χ2n) is 3.14. The molecule has 0 spiro atoms. The minimum absolute atomic E-state index is 0.864. The normalized spacial score (nSPS) is 9.77. The predicted octanol–water partition coefficient (Wildman–Crippen LogP) is 2.86. The molecule has 3 heteroatoms. The Morgan fingerprint density at radius 1 is 1.69 bits per heavy atom. The molecule has 13 heavy (non-hydrogen) atoms. The molecule has 0 fully saturated rings. The summed E-state index contributed by atoms with van der Waals surface area (Å²) in [5.41, 5.74) is 2.28. The minimum atomic E-state index is 0.864. The fourth-order valence-electron chi connectivity index (χ4n) is 1.17. The first-order valence-electron chi connectivity index (χ1n) is 4.06. The van der Waals surface area contributed by atoms with Gasteiger partial charge >= 0.3 is 0 Å². The van der Waals surface area contributed by atoms with Crippen LogP contribution in [0.4, 0.5) is 5.69 Å². The first kappa shape index (κ1) is 10.3. The third kappa shape index (κ3) is 2.84. The van der Waals surface area contributed by atoms with Crippen molar-refractivity contribution < 1.29 is 0 Å². The van der Waals surface area contributed by atoms with E-state index < -0.39 is 0 Å². The zero-order chi connectivity index (χ0) is 9.84. The van der Waals surface area contributed by atoms with Gasteiger partial charge in [-0.1, -0.05) is 12.2 Å². The summed E-state index contributed by atoms with van der Waals surface area (Å²) < 4.78 is 1.01. The van der Waals surface area contributed by atoms with E-state index in [9.17, 15) is 0 Å². The molecule has 1 aromatic heterocycles. The number of nitrogens with zero attached hydrogens (tertiary/aromatic N) is 2. The van der Waals surface area contributed by atoms with E-state index in [4.69, 9.17) is 0 Å². The largest absolute Gasteiger partial charge is 0.370 e. The number of hydrogen-bond donors (Lipinski definition) is 0. The van der Waals surface area contributed by atoms with E-state index in [1.165, 1.54) is 0 Å². The lowest BCUT2D eigenvalue weighted by Crippen LogP contribution is -2.19. The maximum Gasteiger partial charge on any atom is 0.0592 e. The zero-order valence-corrected chi connectivity index (χ0v) is 9.50. The number of aromatic nitrogens is 1. The van der Waals surface area contributed by atoms with E-state index in [-0.39, 0.29) is 0 Å². The molecule has 0 aliphatic rings. The van der Waals surface area contributed by atoms with Gasteiger partial charge in [0.25, 0.3) is 0 Å². The van der Waals surface area contributed by atoms with Crippen molar-refractivity contribution in [2.45, 2.75) is 6.92 Å². The van der Waals surface area contributed by atoms with Crippen LogP contribution in [0.25, 0.3) is 0 Å². The molecule has 0 unspecified atom stereocenters. The van der Waals surface area contributed by atoms with Crippen molar-refractivity contribution in [1.82, 2.24) is 4.98 Å². The average molecular weight is 241 g/mol. The Balaban J connectivity index is 2.82. The van der Waals surface area contributed by atoms with Crippen molar-refractivity contribution in [2.75, 3.05) is 18.5 Å². The van der Waals surface area contributed by atoms with Crippen LogP contribution in [0.2, 0.25) is 0 Å². The van der Waals surface area contributed by atoms with E-state index >= 15 is 0 Å². The summed E-state index contributed by atoms with van der Waals surface area (Å²) in [5.74, 6) is 0. The number of halogens is 1. The van der Waals surface area contributed by atoms with Crippen molar-refractivity contribution in [3.05, 3.63) is 35.1 Å². The molecule has 0 aliphatic carbocycles. The Hall–Kier alpha value is -0.830. The summed E-state index contributed by atoms with van der Waals surface area (Å²) in [6, 6.07) is 1.98. The van der Waals surface area contributed by atoms with Gasteiger partial charge in [0, 0.05) is 26.0 Å². The smallest absolute Gasteiger partial charge is 0.0592 e. The van der Waals surface area contributed by atoms with E-state index in [0.29, 0.717) is 0 Å². The average Bonchev–Trinajstić information content (AvgIpc) is 2.03. The van der Waals surface area contributed by atoms with Crippen LogP contribution in [-0.4, -0.2) is 18.6 Å². The van der Waals surface area contributed by atoms with Crippen LogP contribution in [0.5, 0.6) is 0 Å². The van der Waals surface area contributed by atoms with E-state index in [2.05, 4.69) is 32.4 Å². The van der Waals surface area contributed by atoms with Crippen LogP contribution in [-0.2, 0) is 0 Å². The fraction of sp³-hybridized carbons (Fsp3) is 0.300. The van der Waals surface area contributed by atoms with Crippen LogP contribution in [0.3, 0.4) is 0 Å². The molecule has 0 saturated carbocycles. The van der Waals surface area contributed by atoms with Crippen molar-refractivity contribution in [3.63, 3.8) is 0 Å². The molecule has 0 N–H and O–H groups in total. The van der Waals surface area contributed by atoms with Crippen molar-refractivity contribution in [2.24, 2.45) is 0 Å². The van der Waals surface area contributed by atoms with Gasteiger partial charge in [-0.2, -0.15) is 0 Å². The number of rotatable bonds is 3. The molecule has 0 aliphatic heterocycles. The third-order valence-corrected chi connectivity index (χ3v) is 2.28. The van der Waals surface area contributed by atoms with E-state index in [1.807, 2.05) is 20.0 Å². The van der Waals surface area contributed by atoms with Crippen molar-refractivity contribution in [3.8, 4) is 0 Å². The van der Waals surface area contributed by atoms with Crippen LogP contribution < -0.4 is 4.90 Å². The second kappa shape index (κ2) is 4.42. The Morgan fingerprint density at radius 3 is 2.92 bits per heavy atom. The molecule has 2 nitrogen and oxygen atoms in total. The molecule has 0 saturated heterocycles. The van der Waals surface area contributed by atoms with E-state index in [1.54, 1.807) is 12.4 Å². The molecular weight excluding hydrogens is 228 g/mol. The lowest BCUT2D eigenvalue weighted by Gasteiger charge is -2.20. The fourth-order valence-corrected chi connectivity index (χ4v) is 1.72. The molecule has 0 radical (unpaired) electrons. The van der Waals surface area contributed by atoms with Gasteiger partial charge in [-0.3, -0.25) is 4.98 Å². The molecule has 0 bridgehead atoms. The Bertz CT molecular complexity index is 310. The summed E-state index contributed by atoms with van der Waals surface area (Å²) in [6.07, 6.45) is 3.58. The summed E-state index contributed by atoms with van der Waals surface area (Å²) in [7, 11) is 2.04. The highest BCUT2D eigenvalue weighted by Crippen LogP contribution is 2.23. The molecule has 0 aromatic carbocycles. The van der Waals surface area contributed by atoms with Crippen LogP contribution in [0.15, 0.2) is 35.1 Å². The first-order valence-corrected chi connectivity index (χ1v) is 4.85. The Labute approximate surface area is 87.4 Å². The quantitative estimate of drug-likeness (QED) is 0.756. The maximum absolute atomic E-state index is 4.01. The lowest BCUT2D eigenvalue weighted by atomic mass is 10.3. The topological polar surface area (TPSA) is 16.1 Å². The maximum atomic E-state index is 4.01. The monoisotopic (exact) mass is 240 g/mol. The number of likely N-dealkylation sites (N-methyl/N-ethyl adjacent to an activating group) is 1. The van der Waals surface area contributed by atoms with Crippen LogP contribution in [0, 0.1) is 0 Å². The summed E-state index contributed by atoms with van der Waals surface area (Å²) in [6.45, 7) is 6.76.